The monoisotopic (exact) mass is 242 g/mol. The summed E-state index contributed by atoms with van der Waals surface area (Å²) in [5, 5.41) is 0.370. The van der Waals surface area contributed by atoms with Gasteiger partial charge in [0.2, 0.25) is 0 Å². The summed E-state index contributed by atoms with van der Waals surface area (Å²) in [5.74, 6) is 0.663. The van der Waals surface area contributed by atoms with E-state index in [1.807, 2.05) is 13.8 Å². The summed E-state index contributed by atoms with van der Waals surface area (Å²) in [6.07, 6.45) is 0. The molecule has 0 radical (unpaired) electrons. The highest BCUT2D eigenvalue weighted by molar-refractivity contribution is 7.85. The molecular formula is C10H14N2O3S. The van der Waals surface area contributed by atoms with Crippen LogP contribution in [0.25, 0.3) is 0 Å². The second-order valence-electron chi connectivity index (χ2n) is 4.31. The van der Waals surface area contributed by atoms with Crippen LogP contribution in [-0.4, -0.2) is 19.1 Å². The first-order valence-electron chi connectivity index (χ1n) is 5.23. The van der Waals surface area contributed by atoms with Crippen LogP contribution in [0.1, 0.15) is 13.8 Å². The maximum Gasteiger partial charge on any atom is 0.331 e. The number of nitrogens with zero attached hydrogens (tertiary/aromatic N) is 2. The zero-order valence-electron chi connectivity index (χ0n) is 9.30. The fraction of sp³-hybridized carbons (Fsp3) is 0.600. The van der Waals surface area contributed by atoms with E-state index in [9.17, 15) is 13.8 Å². The molecule has 6 heteroatoms. The Bertz CT molecular complexity index is 556. The van der Waals surface area contributed by atoms with Crippen molar-refractivity contribution in [1.82, 2.24) is 9.13 Å². The highest BCUT2D eigenvalue weighted by Crippen LogP contribution is 2.10. The smallest absolute Gasteiger partial charge is 0.285 e. The zero-order valence-corrected chi connectivity index (χ0v) is 10.1. The summed E-state index contributed by atoms with van der Waals surface area (Å²) in [5.41, 5.74) is -0.678. The van der Waals surface area contributed by atoms with E-state index in [-0.39, 0.29) is 17.2 Å². The summed E-state index contributed by atoms with van der Waals surface area (Å²) in [7, 11) is -1.19. The average Bonchev–Trinajstić information content (AvgIpc) is 2.55. The molecule has 0 saturated carbocycles. The molecule has 5 nitrogen and oxygen atoms in total. The Morgan fingerprint density at radius 2 is 2.12 bits per heavy atom. The largest absolute Gasteiger partial charge is 0.331 e. The van der Waals surface area contributed by atoms with Crippen molar-refractivity contribution in [1.29, 1.82) is 0 Å². The Hall–Kier alpha value is -1.17. The van der Waals surface area contributed by atoms with E-state index in [0.29, 0.717) is 23.9 Å². The van der Waals surface area contributed by atoms with Gasteiger partial charge in [0.15, 0.2) is 0 Å². The van der Waals surface area contributed by atoms with Gasteiger partial charge in [0, 0.05) is 24.9 Å². The third-order valence-corrected chi connectivity index (χ3v) is 3.88. The van der Waals surface area contributed by atoms with Crippen LogP contribution in [-0.2, 0) is 23.9 Å². The normalized spacial score (nSPS) is 19.1. The minimum absolute atomic E-state index is 0.232. The van der Waals surface area contributed by atoms with Gasteiger partial charge >= 0.3 is 5.69 Å². The molecule has 1 atom stereocenters. The van der Waals surface area contributed by atoms with Crippen LogP contribution in [0.5, 0.6) is 0 Å². The van der Waals surface area contributed by atoms with Gasteiger partial charge in [0.1, 0.15) is 5.03 Å². The molecule has 1 aromatic heterocycles. The van der Waals surface area contributed by atoms with E-state index in [1.54, 1.807) is 0 Å². The summed E-state index contributed by atoms with van der Waals surface area (Å²) >= 11 is 0. The molecule has 1 aliphatic heterocycles. The standard InChI is InChI=1S/C10H14N2O3S/c1-7(2)6-12-8(13)5-9-11(10(12)14)3-4-16(9)15/h5,7H,3-4,6H2,1-2H3. The Labute approximate surface area is 95.2 Å². The van der Waals surface area contributed by atoms with Crippen LogP contribution < -0.4 is 11.2 Å². The van der Waals surface area contributed by atoms with E-state index in [4.69, 9.17) is 0 Å². The Balaban J connectivity index is 2.63. The number of aromatic nitrogens is 2. The van der Waals surface area contributed by atoms with E-state index >= 15 is 0 Å². The number of rotatable bonds is 2. The molecule has 16 heavy (non-hydrogen) atoms. The van der Waals surface area contributed by atoms with Crippen LogP contribution in [0.3, 0.4) is 0 Å². The number of hydrogen-bond donors (Lipinski definition) is 0. The van der Waals surface area contributed by atoms with Gasteiger partial charge < -0.3 is 0 Å². The van der Waals surface area contributed by atoms with Crippen molar-refractivity contribution in [3.8, 4) is 0 Å². The van der Waals surface area contributed by atoms with E-state index in [0.717, 1.165) is 0 Å². The van der Waals surface area contributed by atoms with Gasteiger partial charge in [-0.15, -0.1) is 0 Å². The second kappa shape index (κ2) is 4.01. The lowest BCUT2D eigenvalue weighted by Gasteiger charge is -2.09. The summed E-state index contributed by atoms with van der Waals surface area (Å²) in [6.45, 7) is 4.74. The molecule has 1 unspecified atom stereocenters. The molecule has 0 spiro atoms. The SMILES string of the molecule is CC(C)Cn1c(=O)cc2n(c1=O)CCS2=O. The lowest BCUT2D eigenvalue weighted by atomic mass is 10.2. The number of fused-ring (bicyclic) bond motifs is 1. The van der Waals surface area contributed by atoms with Crippen molar-refractivity contribution in [2.75, 3.05) is 5.75 Å². The first-order chi connectivity index (χ1) is 7.50. The second-order valence-corrected chi connectivity index (χ2v) is 5.83. The molecule has 0 aromatic carbocycles. The van der Waals surface area contributed by atoms with E-state index in [2.05, 4.69) is 0 Å². The molecule has 0 saturated heterocycles. The van der Waals surface area contributed by atoms with Gasteiger partial charge in [0.05, 0.1) is 10.8 Å². The Morgan fingerprint density at radius 1 is 1.44 bits per heavy atom. The van der Waals surface area contributed by atoms with Crippen LogP contribution in [0.4, 0.5) is 0 Å². The predicted octanol–water partition coefficient (Wildman–Crippen LogP) is -0.213. The minimum Gasteiger partial charge on any atom is -0.285 e. The summed E-state index contributed by atoms with van der Waals surface area (Å²) in [6, 6.07) is 1.33. The van der Waals surface area contributed by atoms with Crippen LogP contribution in [0.15, 0.2) is 20.7 Å². The molecule has 88 valence electrons. The van der Waals surface area contributed by atoms with Gasteiger partial charge in [-0.1, -0.05) is 13.8 Å². The maximum absolute atomic E-state index is 12.0. The van der Waals surface area contributed by atoms with Gasteiger partial charge in [-0.05, 0) is 5.92 Å². The van der Waals surface area contributed by atoms with Gasteiger partial charge in [-0.25, -0.2) is 4.79 Å². The minimum atomic E-state index is -1.19. The fourth-order valence-electron chi connectivity index (χ4n) is 1.80. The lowest BCUT2D eigenvalue weighted by molar-refractivity contribution is 0.464. The van der Waals surface area contributed by atoms with Gasteiger partial charge in [-0.3, -0.25) is 18.1 Å². The van der Waals surface area contributed by atoms with E-state index in [1.165, 1.54) is 15.2 Å². The number of hydrogen-bond acceptors (Lipinski definition) is 3. The molecular weight excluding hydrogens is 228 g/mol. The molecule has 0 bridgehead atoms. The Kier molecular flexibility index (Phi) is 2.84. The highest BCUT2D eigenvalue weighted by Gasteiger charge is 2.22. The van der Waals surface area contributed by atoms with E-state index < -0.39 is 10.8 Å². The molecule has 0 amide bonds. The topological polar surface area (TPSA) is 61.1 Å². The van der Waals surface area contributed by atoms with Gasteiger partial charge in [-0.2, -0.15) is 0 Å². The van der Waals surface area contributed by atoms with Crippen LogP contribution in [0.2, 0.25) is 0 Å². The molecule has 1 aromatic rings. The molecule has 1 aliphatic rings. The maximum atomic E-state index is 12.0. The highest BCUT2D eigenvalue weighted by atomic mass is 32.2. The zero-order chi connectivity index (χ0) is 11.9. The van der Waals surface area contributed by atoms with Crippen molar-refractivity contribution in [3.63, 3.8) is 0 Å². The first-order valence-corrected chi connectivity index (χ1v) is 6.55. The van der Waals surface area contributed by atoms with Crippen LogP contribution in [0, 0.1) is 5.92 Å². The summed E-state index contributed by atoms with van der Waals surface area (Å²) in [4.78, 5) is 23.7. The Morgan fingerprint density at radius 3 is 2.75 bits per heavy atom. The predicted molar refractivity (Wildman–Crippen MR) is 61.1 cm³/mol. The third kappa shape index (κ3) is 1.77. The van der Waals surface area contributed by atoms with Crippen molar-refractivity contribution in [2.45, 2.75) is 32.0 Å². The molecule has 0 fully saturated rings. The van der Waals surface area contributed by atoms with Crippen molar-refractivity contribution in [2.24, 2.45) is 5.92 Å². The van der Waals surface area contributed by atoms with Crippen molar-refractivity contribution in [3.05, 3.63) is 26.9 Å². The van der Waals surface area contributed by atoms with Crippen molar-refractivity contribution < 1.29 is 4.21 Å². The first kappa shape index (κ1) is 11.3. The molecule has 0 N–H and O–H groups in total. The van der Waals surface area contributed by atoms with Gasteiger partial charge in [0.25, 0.3) is 5.56 Å². The lowest BCUT2D eigenvalue weighted by Crippen LogP contribution is -2.40. The average molecular weight is 242 g/mol. The van der Waals surface area contributed by atoms with Crippen molar-refractivity contribution >= 4 is 10.8 Å². The molecule has 2 heterocycles. The molecule has 0 aliphatic carbocycles. The van der Waals surface area contributed by atoms with Crippen LogP contribution >= 0.6 is 0 Å². The summed E-state index contributed by atoms with van der Waals surface area (Å²) < 4.78 is 14.2. The third-order valence-electron chi connectivity index (χ3n) is 2.52. The molecule has 2 rings (SSSR count). The quantitative estimate of drug-likeness (QED) is 0.674. The fourth-order valence-corrected chi connectivity index (χ4v) is 3.01.